The molecule has 4 nitrogen and oxygen atoms in total. The summed E-state index contributed by atoms with van der Waals surface area (Å²) in [6.45, 7) is 0. The molecule has 1 aliphatic rings. The fourth-order valence-electron chi connectivity index (χ4n) is 1.21. The first-order valence-corrected chi connectivity index (χ1v) is 4.12. The van der Waals surface area contributed by atoms with Crippen LogP contribution in [-0.4, -0.2) is 29.1 Å². The van der Waals surface area contributed by atoms with Gasteiger partial charge in [0.15, 0.2) is 0 Å². The van der Waals surface area contributed by atoms with E-state index in [1.807, 2.05) is 0 Å². The Morgan fingerprint density at radius 2 is 2.07 bits per heavy atom. The van der Waals surface area contributed by atoms with E-state index in [2.05, 4.69) is 5.32 Å². The zero-order valence-corrected chi connectivity index (χ0v) is 7.47. The lowest BCUT2D eigenvalue weighted by molar-refractivity contribution is -0.166. The van der Waals surface area contributed by atoms with Crippen molar-refractivity contribution in [3.8, 4) is 0 Å². The van der Waals surface area contributed by atoms with Crippen LogP contribution >= 0.6 is 0 Å². The number of hydrogen-bond donors (Lipinski definition) is 2. The van der Waals surface area contributed by atoms with Crippen molar-refractivity contribution in [3.05, 3.63) is 11.8 Å². The third kappa shape index (κ3) is 2.71. The lowest BCUT2D eigenvalue weighted by Crippen LogP contribution is -2.38. The molecule has 1 aliphatic heterocycles. The molecule has 84 valence electrons. The van der Waals surface area contributed by atoms with Gasteiger partial charge >= 0.3 is 12.1 Å². The zero-order valence-electron chi connectivity index (χ0n) is 7.47. The standard InChI is InChI=1S/C8H8F3NO3/c9-8(10,11)6(13)4-1-2-5(7(14)15)12-3-4/h3,5,12H,1-2H2,(H,14,15). The van der Waals surface area contributed by atoms with Crippen LogP contribution in [-0.2, 0) is 9.59 Å². The third-order valence-corrected chi connectivity index (χ3v) is 2.01. The van der Waals surface area contributed by atoms with Crippen LogP contribution < -0.4 is 5.32 Å². The number of aliphatic carboxylic acids is 1. The smallest absolute Gasteiger partial charge is 0.454 e. The van der Waals surface area contributed by atoms with Gasteiger partial charge in [0.25, 0.3) is 5.78 Å². The van der Waals surface area contributed by atoms with E-state index < -0.39 is 29.5 Å². The first kappa shape index (κ1) is 11.5. The van der Waals surface area contributed by atoms with Crippen LogP contribution in [0, 0.1) is 0 Å². The summed E-state index contributed by atoms with van der Waals surface area (Å²) in [5.74, 6) is -3.07. The molecule has 1 atom stereocenters. The van der Waals surface area contributed by atoms with Crippen LogP contribution in [0.25, 0.3) is 0 Å². The Kier molecular flexibility index (Phi) is 3.01. The van der Waals surface area contributed by atoms with E-state index in [1.54, 1.807) is 0 Å². The van der Waals surface area contributed by atoms with Gasteiger partial charge in [-0.1, -0.05) is 0 Å². The SMILES string of the molecule is O=C(O)C1CCC(C(=O)C(F)(F)F)=CN1. The molecule has 0 saturated heterocycles. The Labute approximate surface area is 82.8 Å². The molecule has 2 N–H and O–H groups in total. The molecule has 0 saturated carbocycles. The van der Waals surface area contributed by atoms with Crippen LogP contribution in [0.15, 0.2) is 11.8 Å². The fourth-order valence-corrected chi connectivity index (χ4v) is 1.21. The second-order valence-corrected chi connectivity index (χ2v) is 3.09. The van der Waals surface area contributed by atoms with Crippen LogP contribution in [0.2, 0.25) is 0 Å². The molecule has 0 spiro atoms. The van der Waals surface area contributed by atoms with Gasteiger partial charge in [-0.05, 0) is 12.8 Å². The van der Waals surface area contributed by atoms with Crippen molar-refractivity contribution in [2.75, 3.05) is 0 Å². The molecule has 0 aromatic heterocycles. The summed E-state index contributed by atoms with van der Waals surface area (Å²) in [4.78, 5) is 21.1. The minimum absolute atomic E-state index is 0.0248. The Bertz CT molecular complexity index is 322. The molecule has 0 aromatic rings. The van der Waals surface area contributed by atoms with Crippen LogP contribution in [0.4, 0.5) is 13.2 Å². The van der Waals surface area contributed by atoms with Crippen LogP contribution in [0.5, 0.6) is 0 Å². The van der Waals surface area contributed by atoms with E-state index in [-0.39, 0.29) is 12.8 Å². The first-order valence-electron chi connectivity index (χ1n) is 4.12. The van der Waals surface area contributed by atoms with Gasteiger partial charge in [-0.3, -0.25) is 4.79 Å². The van der Waals surface area contributed by atoms with Gasteiger partial charge in [0.2, 0.25) is 0 Å². The fraction of sp³-hybridized carbons (Fsp3) is 0.500. The second-order valence-electron chi connectivity index (χ2n) is 3.09. The average molecular weight is 223 g/mol. The summed E-state index contributed by atoms with van der Waals surface area (Å²) in [5, 5.41) is 10.8. The minimum atomic E-state index is -4.90. The minimum Gasteiger partial charge on any atom is -0.480 e. The molecule has 7 heteroatoms. The molecular formula is C8H8F3NO3. The maximum absolute atomic E-state index is 12.0. The van der Waals surface area contributed by atoms with Gasteiger partial charge in [-0.15, -0.1) is 0 Å². The highest BCUT2D eigenvalue weighted by atomic mass is 19.4. The third-order valence-electron chi connectivity index (χ3n) is 2.01. The number of carbonyl (C=O) groups excluding carboxylic acids is 1. The number of allylic oxidation sites excluding steroid dienone is 1. The summed E-state index contributed by atoms with van der Waals surface area (Å²) >= 11 is 0. The van der Waals surface area contributed by atoms with E-state index in [0.717, 1.165) is 6.20 Å². The zero-order chi connectivity index (χ0) is 11.6. The van der Waals surface area contributed by atoms with Gasteiger partial charge in [0, 0.05) is 11.8 Å². The maximum Gasteiger partial charge on any atom is 0.454 e. The molecule has 0 radical (unpaired) electrons. The Hall–Kier alpha value is -1.53. The van der Waals surface area contributed by atoms with Crippen molar-refractivity contribution in [1.82, 2.24) is 5.32 Å². The number of Topliss-reactive ketones (excluding diaryl/α,β-unsaturated/α-hetero) is 1. The number of carbonyl (C=O) groups is 2. The monoisotopic (exact) mass is 223 g/mol. The number of ketones is 1. The molecule has 1 unspecified atom stereocenters. The molecule has 0 bridgehead atoms. The normalized spacial score (nSPS) is 21.5. The van der Waals surface area contributed by atoms with E-state index in [9.17, 15) is 22.8 Å². The van der Waals surface area contributed by atoms with Gasteiger partial charge in [-0.25, -0.2) is 4.79 Å². The molecular weight excluding hydrogens is 215 g/mol. The summed E-state index contributed by atoms with van der Waals surface area (Å²) in [6.07, 6.45) is -4.27. The molecule has 15 heavy (non-hydrogen) atoms. The van der Waals surface area contributed by atoms with E-state index >= 15 is 0 Å². The topological polar surface area (TPSA) is 66.4 Å². The summed E-state index contributed by atoms with van der Waals surface area (Å²) in [6, 6.07) is -0.921. The molecule has 1 rings (SSSR count). The quantitative estimate of drug-likeness (QED) is 0.727. The number of nitrogens with one attached hydrogen (secondary N) is 1. The summed E-state index contributed by atoms with van der Waals surface area (Å²) < 4.78 is 35.9. The van der Waals surface area contributed by atoms with Gasteiger partial charge in [-0.2, -0.15) is 13.2 Å². The predicted octanol–water partition coefficient (Wildman–Crippen LogP) is 0.838. The molecule has 0 aromatic carbocycles. The molecule has 0 amide bonds. The number of halogens is 3. The van der Waals surface area contributed by atoms with Gasteiger partial charge < -0.3 is 10.4 Å². The van der Waals surface area contributed by atoms with E-state index in [4.69, 9.17) is 5.11 Å². The van der Waals surface area contributed by atoms with Crippen molar-refractivity contribution < 1.29 is 27.9 Å². The Morgan fingerprint density at radius 1 is 1.47 bits per heavy atom. The van der Waals surface area contributed by atoms with Crippen LogP contribution in [0.1, 0.15) is 12.8 Å². The number of alkyl halides is 3. The van der Waals surface area contributed by atoms with Gasteiger partial charge in [0.05, 0.1) is 0 Å². The molecule has 1 heterocycles. The highest BCUT2D eigenvalue weighted by Crippen LogP contribution is 2.24. The van der Waals surface area contributed by atoms with Crippen LogP contribution in [0.3, 0.4) is 0 Å². The average Bonchev–Trinajstić information content (AvgIpc) is 2.15. The van der Waals surface area contributed by atoms with Crippen molar-refractivity contribution in [3.63, 3.8) is 0 Å². The van der Waals surface area contributed by atoms with E-state index in [0.29, 0.717) is 0 Å². The predicted molar refractivity (Wildman–Crippen MR) is 42.9 cm³/mol. The maximum atomic E-state index is 12.0. The van der Waals surface area contributed by atoms with Gasteiger partial charge in [0.1, 0.15) is 6.04 Å². The number of hydrogen-bond acceptors (Lipinski definition) is 3. The van der Waals surface area contributed by atoms with Crippen molar-refractivity contribution >= 4 is 11.8 Å². The number of rotatable bonds is 2. The second kappa shape index (κ2) is 3.92. The Morgan fingerprint density at radius 3 is 2.40 bits per heavy atom. The number of carboxylic acid groups (broad SMARTS) is 1. The largest absolute Gasteiger partial charge is 0.480 e. The Balaban J connectivity index is 2.69. The van der Waals surface area contributed by atoms with Crippen molar-refractivity contribution in [2.45, 2.75) is 25.1 Å². The van der Waals surface area contributed by atoms with E-state index in [1.165, 1.54) is 0 Å². The summed E-state index contributed by atoms with van der Waals surface area (Å²) in [5.41, 5.74) is -0.431. The first-order chi connectivity index (χ1) is 6.82. The highest BCUT2D eigenvalue weighted by molar-refractivity contribution is 5.99. The highest BCUT2D eigenvalue weighted by Gasteiger charge is 2.41. The lowest BCUT2D eigenvalue weighted by atomic mass is 9.99. The number of carboxylic acids is 1. The molecule has 0 aliphatic carbocycles. The molecule has 0 fully saturated rings. The van der Waals surface area contributed by atoms with Crippen molar-refractivity contribution in [1.29, 1.82) is 0 Å². The van der Waals surface area contributed by atoms with Crippen molar-refractivity contribution in [2.24, 2.45) is 0 Å². The lowest BCUT2D eigenvalue weighted by Gasteiger charge is -2.20. The summed E-state index contributed by atoms with van der Waals surface area (Å²) in [7, 11) is 0.